The molecule has 0 aromatic heterocycles. The lowest BCUT2D eigenvalue weighted by Gasteiger charge is -2.28. The summed E-state index contributed by atoms with van der Waals surface area (Å²) in [5.74, 6) is 0.194. The number of benzene rings is 1. The van der Waals surface area contributed by atoms with Crippen LogP contribution in [0.15, 0.2) is 35.9 Å². The van der Waals surface area contributed by atoms with Gasteiger partial charge in [0.05, 0.1) is 0 Å². The van der Waals surface area contributed by atoms with E-state index in [1.54, 1.807) is 0 Å². The van der Waals surface area contributed by atoms with E-state index in [0.29, 0.717) is 5.92 Å². The van der Waals surface area contributed by atoms with E-state index in [2.05, 4.69) is 24.3 Å². The molecule has 3 rings (SSSR count). The first-order chi connectivity index (χ1) is 8.25. The van der Waals surface area contributed by atoms with Crippen LogP contribution in [0, 0.1) is 0 Å². The van der Waals surface area contributed by atoms with Gasteiger partial charge in [0.25, 0.3) is 0 Å². The summed E-state index contributed by atoms with van der Waals surface area (Å²) >= 11 is 0. The summed E-state index contributed by atoms with van der Waals surface area (Å²) in [6.45, 7) is 1.83. The number of carbonyl (C=O) groups excluding carboxylic acids is 1. The number of aryl methyl sites for hydroxylation is 1. The van der Waals surface area contributed by atoms with E-state index in [9.17, 15) is 4.79 Å². The first-order valence-corrected chi connectivity index (χ1v) is 6.23. The predicted molar refractivity (Wildman–Crippen MR) is 65.8 cm³/mol. The fraction of sp³-hybridized carbons (Fsp3) is 0.400. The fourth-order valence-electron chi connectivity index (χ4n) is 2.90. The van der Waals surface area contributed by atoms with Crippen molar-refractivity contribution in [3.8, 4) is 0 Å². The van der Waals surface area contributed by atoms with Gasteiger partial charge < -0.3 is 4.74 Å². The molecule has 1 aliphatic carbocycles. The van der Waals surface area contributed by atoms with Crippen LogP contribution < -0.4 is 0 Å². The Morgan fingerprint density at radius 2 is 2.12 bits per heavy atom. The average molecular weight is 228 g/mol. The standard InChI is InChI=1S/C15H16O2/c1-10-9-14(17-15(10)16)13-8-4-6-11-5-2-3-7-12(11)13/h2-3,5,7,9,13-14H,4,6,8H2,1H3. The van der Waals surface area contributed by atoms with Crippen molar-refractivity contribution in [3.05, 3.63) is 47.0 Å². The van der Waals surface area contributed by atoms with E-state index in [1.807, 2.05) is 13.0 Å². The van der Waals surface area contributed by atoms with Gasteiger partial charge in [-0.3, -0.25) is 0 Å². The lowest BCUT2D eigenvalue weighted by atomic mass is 9.80. The molecule has 0 spiro atoms. The molecule has 2 unspecified atom stereocenters. The number of ether oxygens (including phenoxy) is 1. The van der Waals surface area contributed by atoms with Crippen molar-refractivity contribution in [2.75, 3.05) is 0 Å². The molecule has 0 fully saturated rings. The molecule has 1 aliphatic heterocycles. The number of rotatable bonds is 1. The summed E-state index contributed by atoms with van der Waals surface area (Å²) in [7, 11) is 0. The van der Waals surface area contributed by atoms with Gasteiger partial charge >= 0.3 is 5.97 Å². The Kier molecular flexibility index (Phi) is 2.50. The molecule has 2 heteroatoms. The van der Waals surface area contributed by atoms with Gasteiger partial charge in [-0.2, -0.15) is 0 Å². The summed E-state index contributed by atoms with van der Waals surface area (Å²) < 4.78 is 5.44. The molecule has 0 bridgehead atoms. The molecule has 1 aromatic carbocycles. The van der Waals surface area contributed by atoms with E-state index >= 15 is 0 Å². The van der Waals surface area contributed by atoms with Crippen LogP contribution in [0.2, 0.25) is 0 Å². The van der Waals surface area contributed by atoms with Crippen molar-refractivity contribution in [1.29, 1.82) is 0 Å². The summed E-state index contributed by atoms with van der Waals surface area (Å²) in [4.78, 5) is 11.4. The number of cyclic esters (lactones) is 1. The minimum atomic E-state index is -0.155. The van der Waals surface area contributed by atoms with Crippen LogP contribution >= 0.6 is 0 Å². The highest BCUT2D eigenvalue weighted by Gasteiger charge is 2.33. The molecule has 2 aliphatic rings. The second-order valence-corrected chi connectivity index (χ2v) is 4.92. The minimum Gasteiger partial charge on any atom is -0.454 e. The summed E-state index contributed by atoms with van der Waals surface area (Å²) in [6.07, 6.45) is 5.37. The van der Waals surface area contributed by atoms with Crippen LogP contribution in [0.25, 0.3) is 0 Å². The molecule has 88 valence electrons. The minimum absolute atomic E-state index is 0.0519. The second-order valence-electron chi connectivity index (χ2n) is 4.92. The zero-order valence-electron chi connectivity index (χ0n) is 9.98. The Morgan fingerprint density at radius 3 is 2.88 bits per heavy atom. The van der Waals surface area contributed by atoms with E-state index in [0.717, 1.165) is 18.4 Å². The van der Waals surface area contributed by atoms with Crippen LogP contribution in [0.5, 0.6) is 0 Å². The van der Waals surface area contributed by atoms with Crippen LogP contribution in [0.1, 0.15) is 36.8 Å². The fourth-order valence-corrected chi connectivity index (χ4v) is 2.90. The van der Waals surface area contributed by atoms with Gasteiger partial charge in [-0.1, -0.05) is 24.3 Å². The lowest BCUT2D eigenvalue weighted by molar-refractivity contribution is -0.140. The van der Waals surface area contributed by atoms with Gasteiger partial charge in [0.1, 0.15) is 6.10 Å². The van der Waals surface area contributed by atoms with Crippen molar-refractivity contribution in [3.63, 3.8) is 0 Å². The highest BCUT2D eigenvalue weighted by atomic mass is 16.5. The Labute approximate surface area is 101 Å². The number of fused-ring (bicyclic) bond motifs is 1. The second kappa shape index (κ2) is 4.02. The Hall–Kier alpha value is -1.57. The van der Waals surface area contributed by atoms with Gasteiger partial charge in [-0.15, -0.1) is 0 Å². The van der Waals surface area contributed by atoms with Crippen molar-refractivity contribution in [1.82, 2.24) is 0 Å². The van der Waals surface area contributed by atoms with Crippen molar-refractivity contribution in [2.45, 2.75) is 38.2 Å². The van der Waals surface area contributed by atoms with Crippen molar-refractivity contribution in [2.24, 2.45) is 0 Å². The monoisotopic (exact) mass is 228 g/mol. The van der Waals surface area contributed by atoms with Gasteiger partial charge in [-0.25, -0.2) is 4.79 Å². The zero-order valence-corrected chi connectivity index (χ0v) is 9.98. The smallest absolute Gasteiger partial charge is 0.334 e. The third-order valence-electron chi connectivity index (χ3n) is 3.79. The molecule has 0 N–H and O–H groups in total. The van der Waals surface area contributed by atoms with Gasteiger partial charge in [0.15, 0.2) is 0 Å². The number of hydrogen-bond acceptors (Lipinski definition) is 2. The summed E-state index contributed by atoms with van der Waals surface area (Å²) in [5.41, 5.74) is 3.53. The van der Waals surface area contributed by atoms with Crippen LogP contribution in [-0.4, -0.2) is 12.1 Å². The lowest BCUT2D eigenvalue weighted by Crippen LogP contribution is -2.22. The first-order valence-electron chi connectivity index (χ1n) is 6.23. The largest absolute Gasteiger partial charge is 0.454 e. The molecule has 1 aromatic rings. The molecular formula is C15H16O2. The van der Waals surface area contributed by atoms with E-state index in [-0.39, 0.29) is 12.1 Å². The molecule has 0 radical (unpaired) electrons. The van der Waals surface area contributed by atoms with E-state index in [1.165, 1.54) is 17.5 Å². The van der Waals surface area contributed by atoms with Crippen molar-refractivity contribution < 1.29 is 9.53 Å². The molecule has 0 amide bonds. The number of esters is 1. The van der Waals surface area contributed by atoms with Gasteiger partial charge in [-0.05, 0) is 43.4 Å². The van der Waals surface area contributed by atoms with E-state index in [4.69, 9.17) is 4.74 Å². The topological polar surface area (TPSA) is 26.3 Å². The van der Waals surface area contributed by atoms with Crippen LogP contribution in [-0.2, 0) is 16.0 Å². The molecule has 17 heavy (non-hydrogen) atoms. The Balaban J connectivity index is 1.94. The SMILES string of the molecule is CC1=CC(C2CCCc3ccccc32)OC1=O. The predicted octanol–water partition coefficient (Wildman–Crippen LogP) is 2.98. The highest BCUT2D eigenvalue weighted by molar-refractivity contribution is 5.90. The molecule has 0 saturated heterocycles. The molecule has 1 heterocycles. The maximum atomic E-state index is 11.4. The maximum absolute atomic E-state index is 11.4. The quantitative estimate of drug-likeness (QED) is 0.691. The summed E-state index contributed by atoms with van der Waals surface area (Å²) in [6, 6.07) is 8.52. The normalized spacial score (nSPS) is 27.4. The molecule has 2 atom stereocenters. The third kappa shape index (κ3) is 1.78. The number of carbonyl (C=O) groups is 1. The Bertz CT molecular complexity index is 487. The zero-order chi connectivity index (χ0) is 11.8. The first kappa shape index (κ1) is 10.6. The van der Waals surface area contributed by atoms with Crippen molar-refractivity contribution >= 4 is 5.97 Å². The highest BCUT2D eigenvalue weighted by Crippen LogP contribution is 2.37. The molecule has 2 nitrogen and oxygen atoms in total. The maximum Gasteiger partial charge on any atom is 0.334 e. The van der Waals surface area contributed by atoms with Crippen LogP contribution in [0.4, 0.5) is 0 Å². The van der Waals surface area contributed by atoms with E-state index < -0.39 is 0 Å². The van der Waals surface area contributed by atoms with Gasteiger partial charge in [0, 0.05) is 11.5 Å². The molecular weight excluding hydrogens is 212 g/mol. The third-order valence-corrected chi connectivity index (χ3v) is 3.79. The van der Waals surface area contributed by atoms with Gasteiger partial charge in [0.2, 0.25) is 0 Å². The van der Waals surface area contributed by atoms with Crippen LogP contribution in [0.3, 0.4) is 0 Å². The Morgan fingerprint density at radius 1 is 1.29 bits per heavy atom. The number of hydrogen-bond donors (Lipinski definition) is 0. The average Bonchev–Trinajstić information content (AvgIpc) is 2.69. The molecule has 0 saturated carbocycles. The summed E-state index contributed by atoms with van der Waals surface area (Å²) in [5, 5.41) is 0.